The molecule has 2 N–H and O–H groups in total. The van der Waals surface area contributed by atoms with E-state index in [0.717, 1.165) is 39.0 Å². The summed E-state index contributed by atoms with van der Waals surface area (Å²) in [5, 5.41) is 9.33. The van der Waals surface area contributed by atoms with Gasteiger partial charge in [-0.1, -0.05) is 0 Å². The normalized spacial score (nSPS) is 10.9. The third kappa shape index (κ3) is 1.35. The highest BCUT2D eigenvalue weighted by Crippen LogP contribution is 2.29. The monoisotopic (exact) mass is 201 g/mol. The fraction of sp³-hybridized carbons (Fsp3) is 0.333. The van der Waals surface area contributed by atoms with Crippen LogP contribution in [0.2, 0.25) is 0 Å². The lowest BCUT2D eigenvalue weighted by atomic mass is 10.00. The lowest BCUT2D eigenvalue weighted by Crippen LogP contribution is -2.00. The van der Waals surface area contributed by atoms with Gasteiger partial charge in [-0.2, -0.15) is 10.2 Å². The number of hydrogen-bond acceptors (Lipinski definition) is 3. The van der Waals surface area contributed by atoms with Crippen LogP contribution in [0.15, 0.2) is 6.07 Å². The second-order valence-electron chi connectivity index (χ2n) is 4.04. The Morgan fingerprint density at radius 3 is 2.33 bits per heavy atom. The van der Waals surface area contributed by atoms with Crippen LogP contribution in [0.5, 0.6) is 0 Å². The molecule has 1 aromatic heterocycles. The molecule has 0 radical (unpaired) electrons. The maximum absolute atomic E-state index is 6.12. The molecule has 15 heavy (non-hydrogen) atoms. The molecule has 0 amide bonds. The molecular weight excluding hydrogens is 186 g/mol. The van der Waals surface area contributed by atoms with Gasteiger partial charge in [-0.15, -0.1) is 0 Å². The van der Waals surface area contributed by atoms with Crippen LogP contribution in [0.25, 0.3) is 10.9 Å². The smallest absolute Gasteiger partial charge is 0.0956 e. The largest absolute Gasteiger partial charge is 0.398 e. The van der Waals surface area contributed by atoms with Gasteiger partial charge >= 0.3 is 0 Å². The molecule has 0 fully saturated rings. The molecule has 0 spiro atoms. The number of aryl methyl sites for hydroxylation is 3. The summed E-state index contributed by atoms with van der Waals surface area (Å²) >= 11 is 0. The van der Waals surface area contributed by atoms with Gasteiger partial charge in [-0.25, -0.2) is 0 Å². The minimum absolute atomic E-state index is 0.834. The molecule has 2 rings (SSSR count). The van der Waals surface area contributed by atoms with E-state index in [2.05, 4.69) is 10.2 Å². The van der Waals surface area contributed by atoms with Crippen LogP contribution in [0.3, 0.4) is 0 Å². The highest BCUT2D eigenvalue weighted by molar-refractivity contribution is 5.95. The van der Waals surface area contributed by atoms with Crippen molar-refractivity contribution in [2.75, 3.05) is 5.73 Å². The first-order chi connectivity index (χ1) is 7.02. The van der Waals surface area contributed by atoms with Crippen LogP contribution in [0, 0.1) is 27.7 Å². The van der Waals surface area contributed by atoms with Crippen molar-refractivity contribution in [1.29, 1.82) is 0 Å². The Morgan fingerprint density at radius 2 is 1.67 bits per heavy atom. The summed E-state index contributed by atoms with van der Waals surface area (Å²) in [4.78, 5) is 0. The SMILES string of the molecule is Cc1cc2nnc(C)c(C)c2c(N)c1C. The number of nitrogens with zero attached hydrogens (tertiary/aromatic N) is 2. The summed E-state index contributed by atoms with van der Waals surface area (Å²) in [5.74, 6) is 0. The van der Waals surface area contributed by atoms with Crippen LogP contribution in [0.1, 0.15) is 22.4 Å². The van der Waals surface area contributed by atoms with Crippen molar-refractivity contribution in [3.63, 3.8) is 0 Å². The number of benzene rings is 1. The van der Waals surface area contributed by atoms with Crippen LogP contribution in [-0.2, 0) is 0 Å². The second-order valence-corrected chi connectivity index (χ2v) is 4.04. The topological polar surface area (TPSA) is 51.8 Å². The maximum Gasteiger partial charge on any atom is 0.0956 e. The summed E-state index contributed by atoms with van der Waals surface area (Å²) in [6, 6.07) is 2.04. The van der Waals surface area contributed by atoms with Gasteiger partial charge in [0.1, 0.15) is 0 Å². The lowest BCUT2D eigenvalue weighted by Gasteiger charge is -2.11. The molecule has 0 aliphatic heterocycles. The summed E-state index contributed by atoms with van der Waals surface area (Å²) in [7, 11) is 0. The molecule has 78 valence electrons. The molecule has 0 aliphatic carbocycles. The molecular formula is C12H15N3. The van der Waals surface area contributed by atoms with Crippen molar-refractivity contribution >= 4 is 16.6 Å². The standard InChI is InChI=1S/C12H15N3/c1-6-5-10-11(12(13)7(6)2)8(3)9(4)14-15-10/h5H,13H2,1-4H3. The number of hydrogen-bond donors (Lipinski definition) is 1. The van der Waals surface area contributed by atoms with Gasteiger partial charge in [0.25, 0.3) is 0 Å². The van der Waals surface area contributed by atoms with E-state index in [0.29, 0.717) is 0 Å². The van der Waals surface area contributed by atoms with E-state index in [-0.39, 0.29) is 0 Å². The Kier molecular flexibility index (Phi) is 2.11. The summed E-state index contributed by atoms with van der Waals surface area (Å²) in [5.41, 5.74) is 12.2. The molecule has 3 nitrogen and oxygen atoms in total. The molecule has 0 unspecified atom stereocenters. The zero-order chi connectivity index (χ0) is 11.2. The maximum atomic E-state index is 6.12. The first-order valence-corrected chi connectivity index (χ1v) is 5.01. The average molecular weight is 201 g/mol. The van der Waals surface area contributed by atoms with Gasteiger partial charge in [-0.05, 0) is 50.5 Å². The second kappa shape index (κ2) is 3.19. The lowest BCUT2D eigenvalue weighted by molar-refractivity contribution is 0.999. The van der Waals surface area contributed by atoms with E-state index in [4.69, 9.17) is 5.73 Å². The predicted octanol–water partition coefficient (Wildman–Crippen LogP) is 2.45. The van der Waals surface area contributed by atoms with Crippen LogP contribution >= 0.6 is 0 Å². The van der Waals surface area contributed by atoms with Gasteiger partial charge < -0.3 is 5.73 Å². The number of aromatic nitrogens is 2. The van der Waals surface area contributed by atoms with Gasteiger partial charge in [0.2, 0.25) is 0 Å². The molecule has 0 aliphatic rings. The van der Waals surface area contributed by atoms with E-state index in [9.17, 15) is 0 Å². The Bertz CT molecular complexity index is 544. The van der Waals surface area contributed by atoms with Crippen molar-refractivity contribution in [1.82, 2.24) is 10.2 Å². The van der Waals surface area contributed by atoms with Crippen LogP contribution < -0.4 is 5.73 Å². The summed E-state index contributed by atoms with van der Waals surface area (Å²) < 4.78 is 0. The van der Waals surface area contributed by atoms with Gasteiger partial charge in [0.05, 0.1) is 11.2 Å². The van der Waals surface area contributed by atoms with Crippen molar-refractivity contribution in [3.05, 3.63) is 28.5 Å². The number of nitrogens with two attached hydrogens (primary N) is 1. The highest BCUT2D eigenvalue weighted by atomic mass is 15.1. The molecule has 2 aromatic rings. The van der Waals surface area contributed by atoms with Crippen molar-refractivity contribution < 1.29 is 0 Å². The first-order valence-electron chi connectivity index (χ1n) is 5.01. The van der Waals surface area contributed by atoms with Gasteiger partial charge in [0, 0.05) is 11.1 Å². The Morgan fingerprint density at radius 1 is 1.00 bits per heavy atom. The third-order valence-electron chi connectivity index (χ3n) is 3.10. The Labute approximate surface area is 89.3 Å². The minimum Gasteiger partial charge on any atom is -0.398 e. The molecule has 0 saturated carbocycles. The van der Waals surface area contributed by atoms with Crippen molar-refractivity contribution in [3.8, 4) is 0 Å². The quantitative estimate of drug-likeness (QED) is 0.666. The van der Waals surface area contributed by atoms with Crippen molar-refractivity contribution in [2.24, 2.45) is 0 Å². The molecule has 0 atom stereocenters. The molecule has 1 aromatic carbocycles. The van der Waals surface area contributed by atoms with E-state index in [1.165, 1.54) is 0 Å². The Hall–Kier alpha value is -1.64. The van der Waals surface area contributed by atoms with E-state index < -0.39 is 0 Å². The van der Waals surface area contributed by atoms with Gasteiger partial charge in [0.15, 0.2) is 0 Å². The zero-order valence-electron chi connectivity index (χ0n) is 9.55. The van der Waals surface area contributed by atoms with Crippen LogP contribution in [-0.4, -0.2) is 10.2 Å². The number of fused-ring (bicyclic) bond motifs is 1. The molecule has 1 heterocycles. The van der Waals surface area contributed by atoms with Crippen LogP contribution in [0.4, 0.5) is 5.69 Å². The first kappa shape index (κ1) is 9.90. The molecule has 3 heteroatoms. The molecule has 0 bridgehead atoms. The average Bonchev–Trinajstić information content (AvgIpc) is 2.20. The van der Waals surface area contributed by atoms with E-state index in [1.54, 1.807) is 0 Å². The fourth-order valence-corrected chi connectivity index (χ4v) is 1.78. The summed E-state index contributed by atoms with van der Waals surface area (Å²) in [6.45, 7) is 8.08. The van der Waals surface area contributed by atoms with Crippen molar-refractivity contribution in [2.45, 2.75) is 27.7 Å². The summed E-state index contributed by atoms with van der Waals surface area (Å²) in [6.07, 6.45) is 0. The molecule has 0 saturated heterocycles. The Balaban J connectivity index is 3.00. The van der Waals surface area contributed by atoms with E-state index >= 15 is 0 Å². The number of nitrogen functional groups attached to an aromatic ring is 1. The number of rotatable bonds is 0. The minimum atomic E-state index is 0.834. The fourth-order valence-electron chi connectivity index (χ4n) is 1.78. The zero-order valence-corrected chi connectivity index (χ0v) is 9.55. The predicted molar refractivity (Wildman–Crippen MR) is 62.9 cm³/mol. The third-order valence-corrected chi connectivity index (χ3v) is 3.10. The number of anilines is 1. The highest BCUT2D eigenvalue weighted by Gasteiger charge is 2.10. The van der Waals surface area contributed by atoms with Gasteiger partial charge in [-0.3, -0.25) is 0 Å². The van der Waals surface area contributed by atoms with E-state index in [1.807, 2.05) is 33.8 Å².